The molecule has 1 aromatic rings. The molecule has 0 saturated carbocycles. The highest BCUT2D eigenvalue weighted by Gasteiger charge is 2.18. The summed E-state index contributed by atoms with van der Waals surface area (Å²) in [5, 5.41) is 12.7. The summed E-state index contributed by atoms with van der Waals surface area (Å²) >= 11 is 0. The maximum Gasteiger partial charge on any atom is 0.238 e. The number of rotatable bonds is 7. The second-order valence-electron chi connectivity index (χ2n) is 6.17. The molecule has 0 radical (unpaired) electrons. The third kappa shape index (κ3) is 5.61. The number of hydrogen-bond donors (Lipinski definition) is 2. The number of nitrogens with zero attached hydrogens (tertiary/aromatic N) is 2. The Morgan fingerprint density at radius 1 is 1.26 bits per heavy atom. The third-order valence-electron chi connectivity index (χ3n) is 4.50. The van der Waals surface area contributed by atoms with E-state index in [2.05, 4.69) is 35.0 Å². The number of aliphatic hydroxyl groups excluding tert-OH is 1. The van der Waals surface area contributed by atoms with Gasteiger partial charge in [-0.2, -0.15) is 0 Å². The highest BCUT2D eigenvalue weighted by atomic mass is 16.3. The molecule has 0 aromatic heterocycles. The van der Waals surface area contributed by atoms with Crippen LogP contribution >= 0.6 is 0 Å². The first-order valence-corrected chi connectivity index (χ1v) is 8.62. The number of piperidine rings is 1. The van der Waals surface area contributed by atoms with Crippen molar-refractivity contribution in [3.63, 3.8) is 0 Å². The number of carbonyl (C=O) groups is 1. The van der Waals surface area contributed by atoms with Gasteiger partial charge in [0, 0.05) is 25.3 Å². The molecule has 2 rings (SSSR count). The fourth-order valence-corrected chi connectivity index (χ4v) is 2.94. The number of benzene rings is 1. The second kappa shape index (κ2) is 9.01. The third-order valence-corrected chi connectivity index (χ3v) is 4.50. The van der Waals surface area contributed by atoms with Crippen LogP contribution < -0.4 is 5.32 Å². The van der Waals surface area contributed by atoms with Gasteiger partial charge in [-0.25, -0.2) is 0 Å². The maximum atomic E-state index is 12.2. The van der Waals surface area contributed by atoms with Gasteiger partial charge < -0.3 is 10.4 Å². The van der Waals surface area contributed by atoms with Crippen LogP contribution in [0.25, 0.3) is 0 Å². The first kappa shape index (κ1) is 17.9. The van der Waals surface area contributed by atoms with Crippen LogP contribution in [0.5, 0.6) is 0 Å². The Bertz CT molecular complexity index is 495. The number of nitrogens with one attached hydrogen (secondary N) is 1. The van der Waals surface area contributed by atoms with Crippen molar-refractivity contribution in [3.8, 4) is 0 Å². The van der Waals surface area contributed by atoms with Gasteiger partial charge in [-0.1, -0.05) is 32.0 Å². The van der Waals surface area contributed by atoms with Gasteiger partial charge in [-0.15, -0.1) is 0 Å². The summed E-state index contributed by atoms with van der Waals surface area (Å²) in [7, 11) is 0. The zero-order valence-corrected chi connectivity index (χ0v) is 14.3. The Kier molecular flexibility index (Phi) is 7.02. The molecule has 23 heavy (non-hydrogen) atoms. The van der Waals surface area contributed by atoms with Crippen LogP contribution in [0.3, 0.4) is 0 Å². The fourth-order valence-electron chi connectivity index (χ4n) is 2.94. The van der Waals surface area contributed by atoms with E-state index >= 15 is 0 Å². The van der Waals surface area contributed by atoms with Gasteiger partial charge in [0.25, 0.3) is 0 Å². The van der Waals surface area contributed by atoms with Crippen LogP contribution in [0.4, 0.5) is 5.69 Å². The van der Waals surface area contributed by atoms with Gasteiger partial charge in [0.05, 0.1) is 12.6 Å². The van der Waals surface area contributed by atoms with Gasteiger partial charge >= 0.3 is 0 Å². The van der Waals surface area contributed by atoms with Crippen molar-refractivity contribution in [2.45, 2.75) is 39.3 Å². The van der Waals surface area contributed by atoms with Crippen molar-refractivity contribution in [2.24, 2.45) is 0 Å². The molecule has 0 atom stereocenters. The van der Waals surface area contributed by atoms with Crippen molar-refractivity contribution in [1.29, 1.82) is 0 Å². The van der Waals surface area contributed by atoms with E-state index in [1.165, 1.54) is 0 Å². The largest absolute Gasteiger partial charge is 0.393 e. The normalized spacial score (nSPS) is 16.7. The molecular formula is C18H29N3O2. The van der Waals surface area contributed by atoms with Crippen LogP contribution in [-0.2, 0) is 11.3 Å². The summed E-state index contributed by atoms with van der Waals surface area (Å²) in [6.45, 7) is 8.94. The zero-order valence-electron chi connectivity index (χ0n) is 14.3. The SMILES string of the molecule is CCN(CC)CC(=O)Nc1ccccc1CN1CCC(O)CC1. The molecule has 0 spiro atoms. The van der Waals surface area contributed by atoms with E-state index in [9.17, 15) is 9.90 Å². The summed E-state index contributed by atoms with van der Waals surface area (Å²) in [6.07, 6.45) is 1.50. The predicted octanol–water partition coefficient (Wildman–Crippen LogP) is 1.92. The Morgan fingerprint density at radius 3 is 2.57 bits per heavy atom. The number of likely N-dealkylation sites (tertiary alicyclic amines) is 1. The second-order valence-corrected chi connectivity index (χ2v) is 6.17. The summed E-state index contributed by atoms with van der Waals surface area (Å²) < 4.78 is 0. The molecule has 5 nitrogen and oxygen atoms in total. The summed E-state index contributed by atoms with van der Waals surface area (Å²) in [5.41, 5.74) is 2.03. The molecule has 0 bridgehead atoms. The van der Waals surface area contributed by atoms with Crippen LogP contribution in [0.2, 0.25) is 0 Å². The Hall–Kier alpha value is -1.43. The molecule has 1 fully saturated rings. The van der Waals surface area contributed by atoms with E-state index < -0.39 is 0 Å². The van der Waals surface area contributed by atoms with Crippen LogP contribution in [0.15, 0.2) is 24.3 Å². The van der Waals surface area contributed by atoms with Crippen molar-refractivity contribution >= 4 is 11.6 Å². The van der Waals surface area contributed by atoms with E-state index in [-0.39, 0.29) is 12.0 Å². The highest BCUT2D eigenvalue weighted by Crippen LogP contribution is 2.20. The van der Waals surface area contributed by atoms with Crippen LogP contribution in [0.1, 0.15) is 32.3 Å². The summed E-state index contributed by atoms with van der Waals surface area (Å²) in [4.78, 5) is 16.7. The average Bonchev–Trinajstić information content (AvgIpc) is 2.56. The van der Waals surface area contributed by atoms with E-state index in [0.29, 0.717) is 6.54 Å². The van der Waals surface area contributed by atoms with E-state index in [4.69, 9.17) is 0 Å². The molecule has 1 heterocycles. The number of amides is 1. The molecule has 0 unspecified atom stereocenters. The molecule has 5 heteroatoms. The summed E-state index contributed by atoms with van der Waals surface area (Å²) in [6, 6.07) is 8.00. The van der Waals surface area contributed by atoms with E-state index in [1.54, 1.807) is 0 Å². The Labute approximate surface area is 139 Å². The monoisotopic (exact) mass is 319 g/mol. The topological polar surface area (TPSA) is 55.8 Å². The molecule has 1 aromatic carbocycles. The fraction of sp³-hybridized carbons (Fsp3) is 0.611. The van der Waals surface area contributed by atoms with Crippen molar-refractivity contribution in [2.75, 3.05) is 38.0 Å². The van der Waals surface area contributed by atoms with E-state index in [1.807, 2.05) is 18.2 Å². The van der Waals surface area contributed by atoms with Gasteiger partial charge in [0.15, 0.2) is 0 Å². The Balaban J connectivity index is 1.95. The van der Waals surface area contributed by atoms with Crippen LogP contribution in [0, 0.1) is 0 Å². The van der Waals surface area contributed by atoms with Crippen LogP contribution in [-0.4, -0.2) is 59.6 Å². The highest BCUT2D eigenvalue weighted by molar-refractivity contribution is 5.93. The first-order valence-electron chi connectivity index (χ1n) is 8.62. The standard InChI is InChI=1S/C18H29N3O2/c1-3-20(4-2)14-18(23)19-17-8-6-5-7-15(17)13-21-11-9-16(22)10-12-21/h5-8,16,22H,3-4,9-14H2,1-2H3,(H,19,23). The smallest absolute Gasteiger partial charge is 0.238 e. The molecule has 128 valence electrons. The maximum absolute atomic E-state index is 12.2. The molecule has 2 N–H and O–H groups in total. The number of para-hydroxylation sites is 1. The molecule has 1 amide bonds. The van der Waals surface area contributed by atoms with Crippen molar-refractivity contribution in [1.82, 2.24) is 9.80 Å². The summed E-state index contributed by atoms with van der Waals surface area (Å²) in [5.74, 6) is 0.0372. The first-order chi connectivity index (χ1) is 11.1. The zero-order chi connectivity index (χ0) is 16.7. The Morgan fingerprint density at radius 2 is 1.91 bits per heavy atom. The lowest BCUT2D eigenvalue weighted by molar-refractivity contribution is -0.117. The minimum absolute atomic E-state index is 0.0372. The average molecular weight is 319 g/mol. The number of hydrogen-bond acceptors (Lipinski definition) is 4. The van der Waals surface area contributed by atoms with Gasteiger partial charge in [-0.3, -0.25) is 14.6 Å². The minimum Gasteiger partial charge on any atom is -0.393 e. The number of likely N-dealkylation sites (N-methyl/N-ethyl adjacent to an activating group) is 1. The van der Waals surface area contributed by atoms with Gasteiger partial charge in [0.1, 0.15) is 0 Å². The van der Waals surface area contributed by atoms with Crippen molar-refractivity contribution < 1.29 is 9.90 Å². The predicted molar refractivity (Wildman–Crippen MR) is 93.4 cm³/mol. The molecule has 1 saturated heterocycles. The molecule has 0 aliphatic carbocycles. The molecular weight excluding hydrogens is 290 g/mol. The number of anilines is 1. The van der Waals surface area contributed by atoms with Gasteiger partial charge in [0.2, 0.25) is 5.91 Å². The van der Waals surface area contributed by atoms with Crippen molar-refractivity contribution in [3.05, 3.63) is 29.8 Å². The molecule has 1 aliphatic heterocycles. The number of carbonyl (C=O) groups excluding carboxylic acids is 1. The lowest BCUT2D eigenvalue weighted by Gasteiger charge is -2.30. The number of aliphatic hydroxyl groups is 1. The lowest BCUT2D eigenvalue weighted by atomic mass is 10.1. The molecule has 1 aliphatic rings. The minimum atomic E-state index is -0.157. The quantitative estimate of drug-likeness (QED) is 0.806. The van der Waals surface area contributed by atoms with E-state index in [0.717, 1.165) is 56.8 Å². The van der Waals surface area contributed by atoms with Gasteiger partial charge in [-0.05, 0) is 37.6 Å². The lowest BCUT2D eigenvalue weighted by Crippen LogP contribution is -2.36.